The van der Waals surface area contributed by atoms with E-state index in [-0.39, 0.29) is 6.42 Å². The molecule has 0 aromatic rings. The van der Waals surface area contributed by atoms with E-state index in [4.69, 9.17) is 36.1 Å². The number of rotatable bonds is 6. The lowest BCUT2D eigenvalue weighted by Crippen LogP contribution is -2.68. The van der Waals surface area contributed by atoms with Crippen molar-refractivity contribution in [2.45, 2.75) is 118 Å². The third-order valence-corrected chi connectivity index (χ3v) is 6.53. The van der Waals surface area contributed by atoms with Crippen molar-refractivity contribution in [3.8, 4) is 0 Å². The molecule has 3 fully saturated rings. The van der Waals surface area contributed by atoms with Crippen LogP contribution in [-0.4, -0.2) is 122 Å². The average Bonchev–Trinajstić information content (AvgIpc) is 3.01. The van der Waals surface area contributed by atoms with Crippen LogP contribution in [0.5, 0.6) is 0 Å². The van der Waals surface area contributed by atoms with Crippen molar-refractivity contribution >= 4 is 0 Å². The van der Waals surface area contributed by atoms with Crippen LogP contribution in [0, 0.1) is 0 Å². The molecule has 188 valence electrons. The van der Waals surface area contributed by atoms with E-state index in [0.29, 0.717) is 6.42 Å². The minimum atomic E-state index is -1.46. The molecule has 3 rings (SSSR count). The number of aliphatic hydroxyl groups is 6. The molecule has 2 saturated heterocycles. The zero-order chi connectivity index (χ0) is 23.9. The van der Waals surface area contributed by atoms with E-state index in [2.05, 4.69) is 0 Å². The van der Waals surface area contributed by atoms with Gasteiger partial charge in [0.2, 0.25) is 0 Å². The fourth-order valence-corrected chi connectivity index (χ4v) is 4.51. The zero-order valence-electron chi connectivity index (χ0n) is 18.1. The van der Waals surface area contributed by atoms with Gasteiger partial charge in [-0.05, 0) is 19.8 Å². The van der Waals surface area contributed by atoms with Crippen LogP contribution < -0.4 is 17.2 Å². The Morgan fingerprint density at radius 3 is 2.00 bits per heavy atom. The Labute approximate surface area is 186 Å². The van der Waals surface area contributed by atoms with Gasteiger partial charge in [0, 0.05) is 12.1 Å². The van der Waals surface area contributed by atoms with Gasteiger partial charge in [0.15, 0.2) is 12.6 Å². The molecule has 0 radical (unpaired) electrons. The standard InChI is InChI=1S/C19H37N3O10/c1-3-8-11(25)14(28)19(29-8)32-17-10(24)6(20)4-7(21)16(17)31-18-9(22)12(26)13(27)15(30-18)5(2)23/h5-19,23-28H,3-4,20-22H2,1-2H3/t5-,6?,7?,8-,9?,10?,11?,12?,13?,14?,15?,16?,17?,18?,19+/m1/s1. The Morgan fingerprint density at radius 1 is 0.812 bits per heavy atom. The van der Waals surface area contributed by atoms with E-state index in [1.54, 1.807) is 6.92 Å². The third-order valence-electron chi connectivity index (χ3n) is 6.53. The molecule has 0 spiro atoms. The SMILES string of the molecule is CC[C@H]1O[C@@H](OC2C(O)C(N)CC(N)C2OC2OC([C@@H](C)O)C(O)C(O)C2N)C(O)C1O. The molecule has 3 aliphatic rings. The molecule has 0 aromatic heterocycles. The summed E-state index contributed by atoms with van der Waals surface area (Å²) in [4.78, 5) is 0. The second kappa shape index (κ2) is 10.4. The van der Waals surface area contributed by atoms with Gasteiger partial charge in [-0.25, -0.2) is 0 Å². The van der Waals surface area contributed by atoms with Crippen molar-refractivity contribution < 1.29 is 49.6 Å². The quantitative estimate of drug-likeness (QED) is 0.178. The van der Waals surface area contributed by atoms with E-state index in [1.165, 1.54) is 6.92 Å². The van der Waals surface area contributed by atoms with Crippen molar-refractivity contribution in [2.75, 3.05) is 0 Å². The smallest absolute Gasteiger partial charge is 0.187 e. The molecule has 1 aliphatic carbocycles. The van der Waals surface area contributed by atoms with Crippen LogP contribution in [0.4, 0.5) is 0 Å². The number of aliphatic hydroxyl groups excluding tert-OH is 6. The Balaban J connectivity index is 1.79. The van der Waals surface area contributed by atoms with Gasteiger partial charge in [-0.3, -0.25) is 0 Å². The highest BCUT2D eigenvalue weighted by Crippen LogP contribution is 2.32. The maximum atomic E-state index is 10.7. The van der Waals surface area contributed by atoms with E-state index in [0.717, 1.165) is 0 Å². The summed E-state index contributed by atoms with van der Waals surface area (Å²) in [7, 11) is 0. The number of ether oxygens (including phenoxy) is 4. The Hall–Kier alpha value is -0.520. The topological polar surface area (TPSA) is 236 Å². The lowest BCUT2D eigenvalue weighted by Gasteiger charge is -2.47. The lowest BCUT2D eigenvalue weighted by atomic mass is 9.84. The van der Waals surface area contributed by atoms with E-state index >= 15 is 0 Å². The third kappa shape index (κ3) is 4.95. The summed E-state index contributed by atoms with van der Waals surface area (Å²) in [6, 6.07) is -2.72. The van der Waals surface area contributed by atoms with Gasteiger partial charge in [0.05, 0.1) is 24.4 Å². The van der Waals surface area contributed by atoms with Gasteiger partial charge < -0.3 is 66.8 Å². The van der Waals surface area contributed by atoms with Crippen LogP contribution in [0.15, 0.2) is 0 Å². The molecular weight excluding hydrogens is 430 g/mol. The van der Waals surface area contributed by atoms with Crippen molar-refractivity contribution in [3.63, 3.8) is 0 Å². The summed E-state index contributed by atoms with van der Waals surface area (Å²) in [5, 5.41) is 61.4. The van der Waals surface area contributed by atoms with Crippen molar-refractivity contribution in [3.05, 3.63) is 0 Å². The van der Waals surface area contributed by atoms with Crippen LogP contribution in [0.25, 0.3) is 0 Å². The van der Waals surface area contributed by atoms with Crippen LogP contribution in [0.2, 0.25) is 0 Å². The van der Waals surface area contributed by atoms with Crippen molar-refractivity contribution in [2.24, 2.45) is 17.2 Å². The van der Waals surface area contributed by atoms with Gasteiger partial charge in [-0.2, -0.15) is 0 Å². The maximum absolute atomic E-state index is 10.7. The number of hydrogen-bond donors (Lipinski definition) is 9. The molecular formula is C19H37N3O10. The summed E-state index contributed by atoms with van der Waals surface area (Å²) in [6.45, 7) is 3.15. The maximum Gasteiger partial charge on any atom is 0.187 e. The average molecular weight is 468 g/mol. The van der Waals surface area contributed by atoms with Crippen LogP contribution >= 0.6 is 0 Å². The molecule has 32 heavy (non-hydrogen) atoms. The highest BCUT2D eigenvalue weighted by Gasteiger charge is 2.52. The van der Waals surface area contributed by atoms with Crippen LogP contribution in [-0.2, 0) is 18.9 Å². The van der Waals surface area contributed by atoms with E-state index in [9.17, 15) is 30.6 Å². The van der Waals surface area contributed by atoms with Gasteiger partial charge in [0.25, 0.3) is 0 Å². The summed E-state index contributed by atoms with van der Waals surface area (Å²) in [6.07, 6.45) is -13.9. The van der Waals surface area contributed by atoms with Gasteiger partial charge >= 0.3 is 0 Å². The normalized spacial score (nSPS) is 53.3. The monoisotopic (exact) mass is 467 g/mol. The molecule has 13 nitrogen and oxygen atoms in total. The molecule has 1 saturated carbocycles. The molecule has 2 heterocycles. The van der Waals surface area contributed by atoms with E-state index in [1.807, 2.05) is 0 Å². The Kier molecular flexibility index (Phi) is 8.48. The lowest BCUT2D eigenvalue weighted by molar-refractivity contribution is -0.315. The first kappa shape index (κ1) is 26.1. The second-order valence-corrected chi connectivity index (χ2v) is 8.96. The number of hydrogen-bond acceptors (Lipinski definition) is 13. The molecule has 2 aliphatic heterocycles. The first-order valence-electron chi connectivity index (χ1n) is 10.9. The molecule has 12 unspecified atom stereocenters. The first-order chi connectivity index (χ1) is 15.0. The van der Waals surface area contributed by atoms with Gasteiger partial charge in [0.1, 0.15) is 42.7 Å². The highest BCUT2D eigenvalue weighted by molar-refractivity contribution is 5.01. The van der Waals surface area contributed by atoms with Crippen molar-refractivity contribution in [1.29, 1.82) is 0 Å². The predicted molar refractivity (Wildman–Crippen MR) is 108 cm³/mol. The summed E-state index contributed by atoms with van der Waals surface area (Å²) < 4.78 is 22.9. The van der Waals surface area contributed by atoms with Crippen molar-refractivity contribution in [1.82, 2.24) is 0 Å². The largest absolute Gasteiger partial charge is 0.391 e. The molecule has 0 amide bonds. The molecule has 0 aromatic carbocycles. The molecule has 15 atom stereocenters. The first-order valence-corrected chi connectivity index (χ1v) is 10.9. The summed E-state index contributed by atoms with van der Waals surface area (Å²) in [5.41, 5.74) is 18.2. The zero-order valence-corrected chi connectivity index (χ0v) is 18.1. The Bertz CT molecular complexity index is 618. The minimum Gasteiger partial charge on any atom is -0.391 e. The summed E-state index contributed by atoms with van der Waals surface area (Å²) >= 11 is 0. The number of nitrogens with two attached hydrogens (primary N) is 3. The fraction of sp³-hybridized carbons (Fsp3) is 1.00. The fourth-order valence-electron chi connectivity index (χ4n) is 4.51. The van der Waals surface area contributed by atoms with Crippen LogP contribution in [0.1, 0.15) is 26.7 Å². The van der Waals surface area contributed by atoms with Crippen LogP contribution in [0.3, 0.4) is 0 Å². The minimum absolute atomic E-state index is 0.160. The van der Waals surface area contributed by atoms with Gasteiger partial charge in [-0.15, -0.1) is 0 Å². The highest BCUT2D eigenvalue weighted by atomic mass is 16.7. The second-order valence-electron chi connectivity index (χ2n) is 8.96. The summed E-state index contributed by atoms with van der Waals surface area (Å²) in [5.74, 6) is 0. The van der Waals surface area contributed by atoms with E-state index < -0.39 is 91.7 Å². The predicted octanol–water partition coefficient (Wildman–Crippen LogP) is -4.81. The molecule has 12 N–H and O–H groups in total. The Morgan fingerprint density at radius 2 is 1.44 bits per heavy atom. The molecule has 13 heteroatoms. The van der Waals surface area contributed by atoms with Gasteiger partial charge in [-0.1, -0.05) is 6.92 Å². The molecule has 0 bridgehead atoms.